The Hall–Kier alpha value is -1.57. The van der Waals surface area contributed by atoms with Crippen molar-refractivity contribution in [1.29, 1.82) is 0 Å². The lowest BCUT2D eigenvalue weighted by Crippen LogP contribution is -2.27. The maximum Gasteiger partial charge on any atom is 0.224 e. The molecule has 17 heavy (non-hydrogen) atoms. The first kappa shape index (κ1) is 7.00. The second kappa shape index (κ2) is 3.73. The summed E-state index contributed by atoms with van der Waals surface area (Å²) < 4.78 is 33.2. The normalized spacial score (nSPS) is 33.0. The van der Waals surface area contributed by atoms with Crippen molar-refractivity contribution >= 4 is 11.5 Å². The van der Waals surface area contributed by atoms with E-state index in [-0.39, 0.29) is 18.9 Å². The molecule has 2 heteroatoms. The summed E-state index contributed by atoms with van der Waals surface area (Å²) in [5.74, 6) is -2.29. The van der Waals surface area contributed by atoms with Crippen LogP contribution in [-0.2, 0) is 11.2 Å². The summed E-state index contributed by atoms with van der Waals surface area (Å²) in [7, 11) is 0. The molecular weight excluding hydrogens is 210 g/mol. The zero-order valence-electron chi connectivity index (χ0n) is 13.8. The van der Waals surface area contributed by atoms with Gasteiger partial charge in [0.05, 0.1) is 7.26 Å². The highest BCUT2D eigenvalue weighted by atomic mass is 16.1. The molecule has 2 N–H and O–H groups in total. The largest absolute Gasteiger partial charge is 0.369 e. The first-order valence-corrected chi connectivity index (χ1v) is 5.82. The number of fused-ring (bicyclic) bond motifs is 2. The number of hydrogen-bond acceptors (Lipinski definition) is 1. The summed E-state index contributed by atoms with van der Waals surface area (Å²) >= 11 is 0. The van der Waals surface area contributed by atoms with Crippen LogP contribution in [0.2, 0.25) is 0 Å². The molecule has 1 aromatic rings. The first-order chi connectivity index (χ1) is 9.68. The second-order valence-electron chi connectivity index (χ2n) is 4.59. The van der Waals surface area contributed by atoms with Gasteiger partial charge in [0.2, 0.25) is 5.91 Å². The molecular formula is C15H17NO. The molecule has 0 heterocycles. The highest BCUT2D eigenvalue weighted by Gasteiger charge is 2.32. The van der Waals surface area contributed by atoms with E-state index in [2.05, 4.69) is 0 Å². The molecule has 0 fully saturated rings. The van der Waals surface area contributed by atoms with E-state index < -0.39 is 18.2 Å². The Balaban J connectivity index is 2.32. The van der Waals surface area contributed by atoms with E-state index in [9.17, 15) is 4.79 Å². The lowest BCUT2D eigenvalue weighted by molar-refractivity contribution is -0.121. The Kier molecular flexibility index (Phi) is 1.53. The third kappa shape index (κ3) is 1.59. The fourth-order valence-electron chi connectivity index (χ4n) is 2.62. The fourth-order valence-corrected chi connectivity index (χ4v) is 2.62. The summed E-state index contributed by atoms with van der Waals surface area (Å²) in [6, 6.07) is 3.97. The Morgan fingerprint density at radius 1 is 1.65 bits per heavy atom. The standard InChI is InChI=1S/C15H17NO/c1-9-5-6-10-8-14-11(13(10)7-9)3-2-4-12(14)15(16)17/h5-7,12H,2-4,8H2,1H3,(H2,16,17)/i3D2,7D,12D. The van der Waals surface area contributed by atoms with Gasteiger partial charge < -0.3 is 5.73 Å². The molecule has 1 amide bonds. The molecule has 0 bridgehead atoms. The third-order valence-corrected chi connectivity index (χ3v) is 3.44. The predicted octanol–water partition coefficient (Wildman–Crippen LogP) is 2.59. The van der Waals surface area contributed by atoms with Crippen LogP contribution in [0, 0.1) is 12.8 Å². The molecule has 0 aromatic heterocycles. The summed E-state index contributed by atoms with van der Waals surface area (Å²) in [4.78, 5) is 11.8. The number of primary amides is 1. The number of rotatable bonds is 1. The number of carbonyl (C=O) groups is 1. The van der Waals surface area contributed by atoms with Gasteiger partial charge in [-0.25, -0.2) is 0 Å². The summed E-state index contributed by atoms with van der Waals surface area (Å²) in [5, 5.41) is 0. The van der Waals surface area contributed by atoms with Gasteiger partial charge in [-0.1, -0.05) is 23.7 Å². The third-order valence-electron chi connectivity index (χ3n) is 3.44. The SMILES string of the molecule is [2H]c1c(C)ccc2c1C1=C(C2)C([2H])(C(N)=O)CCC1([2H])[2H]. The molecule has 3 rings (SSSR count). The Labute approximate surface area is 107 Å². The number of carbonyl (C=O) groups excluding carboxylic acids is 1. The van der Waals surface area contributed by atoms with Crippen LogP contribution < -0.4 is 5.73 Å². The van der Waals surface area contributed by atoms with Gasteiger partial charge in [0.1, 0.15) is 0 Å². The van der Waals surface area contributed by atoms with Gasteiger partial charge in [0.15, 0.2) is 0 Å². The van der Waals surface area contributed by atoms with Gasteiger partial charge in [0.25, 0.3) is 0 Å². The molecule has 2 aliphatic carbocycles. The van der Waals surface area contributed by atoms with E-state index in [4.69, 9.17) is 11.2 Å². The van der Waals surface area contributed by atoms with Crippen molar-refractivity contribution in [1.82, 2.24) is 0 Å². The van der Waals surface area contributed by atoms with Gasteiger partial charge >= 0.3 is 0 Å². The van der Waals surface area contributed by atoms with Crippen LogP contribution in [0.4, 0.5) is 0 Å². The molecule has 0 radical (unpaired) electrons. The highest BCUT2D eigenvalue weighted by molar-refractivity contribution is 5.87. The number of nitrogens with two attached hydrogens (primary N) is 1. The molecule has 0 spiro atoms. The van der Waals surface area contributed by atoms with E-state index in [0.29, 0.717) is 23.1 Å². The maximum atomic E-state index is 11.8. The van der Waals surface area contributed by atoms with Gasteiger partial charge in [-0.2, -0.15) is 0 Å². The molecule has 2 nitrogen and oxygen atoms in total. The van der Waals surface area contributed by atoms with Gasteiger partial charge in [0, 0.05) is 4.11 Å². The summed E-state index contributed by atoms with van der Waals surface area (Å²) in [6.45, 7) is 1.81. The van der Waals surface area contributed by atoms with E-state index in [0.717, 1.165) is 11.1 Å². The number of benzene rings is 1. The monoisotopic (exact) mass is 231 g/mol. The van der Waals surface area contributed by atoms with Crippen LogP contribution >= 0.6 is 0 Å². The Bertz CT molecular complexity index is 695. The minimum absolute atomic E-state index is 0.0745. The zero-order chi connectivity index (χ0) is 15.6. The highest BCUT2D eigenvalue weighted by Crippen LogP contribution is 2.44. The molecule has 1 aromatic carbocycles. The first-order valence-electron chi connectivity index (χ1n) is 7.82. The number of amides is 1. The lowest BCUT2D eigenvalue weighted by atomic mass is 9.82. The average Bonchev–Trinajstić information content (AvgIpc) is 2.81. The summed E-state index contributed by atoms with van der Waals surface area (Å²) in [5.41, 5.74) is 8.36. The van der Waals surface area contributed by atoms with E-state index >= 15 is 0 Å². The van der Waals surface area contributed by atoms with Crippen LogP contribution in [0.15, 0.2) is 23.7 Å². The Morgan fingerprint density at radius 2 is 2.47 bits per heavy atom. The van der Waals surface area contributed by atoms with E-state index in [1.54, 1.807) is 0 Å². The molecule has 2 aliphatic rings. The fraction of sp³-hybridized carbons (Fsp3) is 0.400. The Morgan fingerprint density at radius 3 is 3.24 bits per heavy atom. The number of allylic oxidation sites excluding steroid dienone is 1. The predicted molar refractivity (Wildman–Crippen MR) is 68.3 cm³/mol. The van der Waals surface area contributed by atoms with Crippen LogP contribution in [-0.4, -0.2) is 5.91 Å². The van der Waals surface area contributed by atoms with Crippen molar-refractivity contribution < 1.29 is 10.3 Å². The van der Waals surface area contributed by atoms with E-state index in [1.807, 2.05) is 19.1 Å². The molecule has 1 atom stereocenters. The molecule has 88 valence electrons. The van der Waals surface area contributed by atoms with Gasteiger partial charge in [-0.15, -0.1) is 0 Å². The topological polar surface area (TPSA) is 43.1 Å². The number of aryl methyl sites for hydroxylation is 1. The molecule has 0 saturated heterocycles. The average molecular weight is 231 g/mol. The smallest absolute Gasteiger partial charge is 0.224 e. The van der Waals surface area contributed by atoms with Gasteiger partial charge in [-0.3, -0.25) is 4.79 Å². The quantitative estimate of drug-likeness (QED) is 0.793. The van der Waals surface area contributed by atoms with Gasteiger partial charge in [-0.05, 0) is 54.8 Å². The van der Waals surface area contributed by atoms with Crippen molar-refractivity contribution in [3.63, 3.8) is 0 Å². The second-order valence-corrected chi connectivity index (χ2v) is 4.59. The maximum absolute atomic E-state index is 11.8. The summed E-state index contributed by atoms with van der Waals surface area (Å²) in [6.07, 6.45) is -1.12. The van der Waals surface area contributed by atoms with Crippen LogP contribution in [0.1, 0.15) is 41.4 Å². The molecule has 0 aliphatic heterocycles. The van der Waals surface area contributed by atoms with E-state index in [1.165, 1.54) is 0 Å². The zero-order valence-corrected chi connectivity index (χ0v) is 9.76. The van der Waals surface area contributed by atoms with Crippen molar-refractivity contribution in [3.05, 3.63) is 40.4 Å². The van der Waals surface area contributed by atoms with Crippen LogP contribution in [0.25, 0.3) is 5.57 Å². The van der Waals surface area contributed by atoms with Crippen molar-refractivity contribution in [2.24, 2.45) is 11.6 Å². The number of hydrogen-bond donors (Lipinski definition) is 1. The molecule has 1 unspecified atom stereocenters. The van der Waals surface area contributed by atoms with Crippen molar-refractivity contribution in [3.8, 4) is 0 Å². The minimum atomic E-state index is -1.62. The van der Waals surface area contributed by atoms with Crippen LogP contribution in [0.5, 0.6) is 0 Å². The minimum Gasteiger partial charge on any atom is -0.369 e. The van der Waals surface area contributed by atoms with Crippen LogP contribution in [0.3, 0.4) is 0 Å². The van der Waals surface area contributed by atoms with Crippen molar-refractivity contribution in [2.45, 2.75) is 32.6 Å². The lowest BCUT2D eigenvalue weighted by Gasteiger charge is -2.22. The van der Waals surface area contributed by atoms with Crippen molar-refractivity contribution in [2.75, 3.05) is 0 Å². The molecule has 0 saturated carbocycles.